The second kappa shape index (κ2) is 9.14. The van der Waals surface area contributed by atoms with Crippen LogP contribution in [0.25, 0.3) is 11.1 Å². The highest BCUT2D eigenvalue weighted by Gasteiger charge is 2.22. The Bertz CT molecular complexity index is 954. The first kappa shape index (κ1) is 19.6. The number of ether oxygens (including phenoxy) is 2. The van der Waals surface area contributed by atoms with E-state index in [1.54, 1.807) is 12.3 Å². The van der Waals surface area contributed by atoms with Gasteiger partial charge < -0.3 is 14.8 Å². The van der Waals surface area contributed by atoms with Crippen LogP contribution in [0.5, 0.6) is 5.75 Å². The highest BCUT2D eigenvalue weighted by Crippen LogP contribution is 2.36. The van der Waals surface area contributed by atoms with Gasteiger partial charge in [-0.15, -0.1) is 11.3 Å². The zero-order valence-corrected chi connectivity index (χ0v) is 15.9. The van der Waals surface area contributed by atoms with Crippen molar-refractivity contribution in [2.24, 2.45) is 0 Å². The van der Waals surface area contributed by atoms with E-state index >= 15 is 0 Å². The van der Waals surface area contributed by atoms with Crippen molar-refractivity contribution >= 4 is 28.2 Å². The Morgan fingerprint density at radius 3 is 2.46 bits per heavy atom. The molecule has 0 aliphatic rings. The van der Waals surface area contributed by atoms with Gasteiger partial charge in [0.25, 0.3) is 5.91 Å². The van der Waals surface area contributed by atoms with E-state index in [-0.39, 0.29) is 19.0 Å². The third-order valence-corrected chi connectivity index (χ3v) is 4.69. The average Bonchev–Trinajstić information content (AvgIpc) is 3.12. The van der Waals surface area contributed by atoms with E-state index in [2.05, 4.69) is 5.32 Å². The Hall–Kier alpha value is -3.19. The second-order valence-electron chi connectivity index (χ2n) is 5.73. The largest absolute Gasteiger partial charge is 0.484 e. The average molecular weight is 399 g/mol. The fourth-order valence-corrected chi connectivity index (χ4v) is 3.50. The van der Waals surface area contributed by atoms with E-state index in [0.29, 0.717) is 21.9 Å². The second-order valence-corrected chi connectivity index (χ2v) is 6.61. The molecule has 3 rings (SSSR count). The molecule has 144 valence electrons. The van der Waals surface area contributed by atoms with Crippen molar-refractivity contribution in [2.75, 3.05) is 18.5 Å². The van der Waals surface area contributed by atoms with Crippen LogP contribution in [0, 0.1) is 5.82 Å². The Balaban J connectivity index is 1.77. The van der Waals surface area contributed by atoms with Crippen molar-refractivity contribution in [2.45, 2.75) is 6.92 Å². The van der Waals surface area contributed by atoms with Crippen LogP contribution in [0.4, 0.5) is 9.39 Å². The van der Waals surface area contributed by atoms with Gasteiger partial charge in [0.1, 0.15) is 22.1 Å². The first-order chi connectivity index (χ1) is 13.6. The molecular weight excluding hydrogens is 381 g/mol. The van der Waals surface area contributed by atoms with E-state index in [1.807, 2.05) is 30.3 Å². The number of esters is 1. The molecule has 0 bridgehead atoms. The smallest absolute Gasteiger partial charge is 0.341 e. The SMILES string of the molecule is CCOC(=O)c1c(-c2ccccc2)csc1NC(=O)COc1ccc(F)cc1. The summed E-state index contributed by atoms with van der Waals surface area (Å²) in [5.74, 6) is -0.949. The number of halogens is 1. The van der Waals surface area contributed by atoms with Gasteiger partial charge in [-0.05, 0) is 36.8 Å². The van der Waals surface area contributed by atoms with Crippen molar-refractivity contribution in [1.29, 1.82) is 0 Å². The fourth-order valence-electron chi connectivity index (χ4n) is 2.53. The summed E-state index contributed by atoms with van der Waals surface area (Å²) in [7, 11) is 0. The van der Waals surface area contributed by atoms with Crippen molar-refractivity contribution < 1.29 is 23.5 Å². The summed E-state index contributed by atoms with van der Waals surface area (Å²) in [6.07, 6.45) is 0. The van der Waals surface area contributed by atoms with Gasteiger partial charge in [-0.25, -0.2) is 9.18 Å². The summed E-state index contributed by atoms with van der Waals surface area (Å²) in [4.78, 5) is 24.8. The molecule has 28 heavy (non-hydrogen) atoms. The Labute approximate surface area is 165 Å². The molecule has 0 aliphatic heterocycles. The molecule has 1 N–H and O–H groups in total. The lowest BCUT2D eigenvalue weighted by Crippen LogP contribution is -2.21. The topological polar surface area (TPSA) is 64.6 Å². The third kappa shape index (κ3) is 4.75. The van der Waals surface area contributed by atoms with Gasteiger partial charge in [0.2, 0.25) is 0 Å². The van der Waals surface area contributed by atoms with Crippen LogP contribution >= 0.6 is 11.3 Å². The maximum absolute atomic E-state index is 12.9. The molecule has 3 aromatic rings. The summed E-state index contributed by atoms with van der Waals surface area (Å²) in [5, 5.41) is 4.90. The molecular formula is C21H18FNO4S. The normalized spacial score (nSPS) is 10.4. The number of anilines is 1. The standard InChI is InChI=1S/C21H18FNO4S/c1-2-26-21(25)19-17(14-6-4-3-5-7-14)13-28-20(19)23-18(24)12-27-16-10-8-15(22)9-11-16/h3-11,13H,2,12H2,1H3,(H,23,24). The van der Waals surface area contributed by atoms with E-state index in [4.69, 9.17) is 9.47 Å². The van der Waals surface area contributed by atoms with Gasteiger partial charge in [-0.3, -0.25) is 4.79 Å². The summed E-state index contributed by atoms with van der Waals surface area (Å²) < 4.78 is 23.4. The number of hydrogen-bond donors (Lipinski definition) is 1. The lowest BCUT2D eigenvalue weighted by molar-refractivity contribution is -0.118. The predicted octanol–water partition coefficient (Wildman–Crippen LogP) is 4.75. The number of benzene rings is 2. The molecule has 2 aromatic carbocycles. The van der Waals surface area contributed by atoms with Crippen LogP contribution in [0.15, 0.2) is 60.0 Å². The molecule has 0 aliphatic carbocycles. The molecule has 0 spiro atoms. The molecule has 0 fully saturated rings. The molecule has 1 amide bonds. The first-order valence-electron chi connectivity index (χ1n) is 8.60. The minimum absolute atomic E-state index is 0.226. The van der Waals surface area contributed by atoms with Crippen LogP contribution in [0.3, 0.4) is 0 Å². The molecule has 1 aromatic heterocycles. The van der Waals surface area contributed by atoms with Gasteiger partial charge in [0.15, 0.2) is 6.61 Å². The molecule has 0 saturated heterocycles. The number of rotatable bonds is 7. The van der Waals surface area contributed by atoms with Crippen LogP contribution < -0.4 is 10.1 Å². The molecule has 0 unspecified atom stereocenters. The maximum Gasteiger partial charge on any atom is 0.341 e. The number of amides is 1. The summed E-state index contributed by atoms with van der Waals surface area (Å²) >= 11 is 1.24. The van der Waals surface area contributed by atoms with E-state index in [0.717, 1.165) is 5.56 Å². The molecule has 0 saturated carbocycles. The zero-order chi connectivity index (χ0) is 19.9. The van der Waals surface area contributed by atoms with Crippen molar-refractivity contribution in [3.05, 3.63) is 71.4 Å². The zero-order valence-electron chi connectivity index (χ0n) is 15.1. The summed E-state index contributed by atoms with van der Waals surface area (Å²) in [5.41, 5.74) is 1.86. The van der Waals surface area contributed by atoms with Crippen molar-refractivity contribution in [3.8, 4) is 16.9 Å². The summed E-state index contributed by atoms with van der Waals surface area (Å²) in [6, 6.07) is 14.8. The van der Waals surface area contributed by atoms with Crippen LogP contribution in [-0.4, -0.2) is 25.1 Å². The third-order valence-electron chi connectivity index (χ3n) is 3.79. The van der Waals surface area contributed by atoms with Crippen LogP contribution in [-0.2, 0) is 9.53 Å². The summed E-state index contributed by atoms with van der Waals surface area (Å²) in [6.45, 7) is 1.68. The van der Waals surface area contributed by atoms with E-state index < -0.39 is 11.9 Å². The number of nitrogens with one attached hydrogen (secondary N) is 1. The Kier molecular flexibility index (Phi) is 6.39. The van der Waals surface area contributed by atoms with Crippen LogP contribution in [0.2, 0.25) is 0 Å². The number of carbonyl (C=O) groups is 2. The number of thiophene rings is 1. The molecule has 0 atom stereocenters. The van der Waals surface area contributed by atoms with Gasteiger partial charge >= 0.3 is 5.97 Å². The van der Waals surface area contributed by atoms with Crippen LogP contribution in [0.1, 0.15) is 17.3 Å². The molecule has 7 heteroatoms. The number of carbonyl (C=O) groups excluding carboxylic acids is 2. The minimum Gasteiger partial charge on any atom is -0.484 e. The first-order valence-corrected chi connectivity index (χ1v) is 9.48. The van der Waals surface area contributed by atoms with E-state index in [1.165, 1.54) is 35.6 Å². The monoisotopic (exact) mass is 399 g/mol. The van der Waals surface area contributed by atoms with Crippen molar-refractivity contribution in [1.82, 2.24) is 0 Å². The predicted molar refractivity (Wildman–Crippen MR) is 106 cm³/mol. The fraction of sp³-hybridized carbons (Fsp3) is 0.143. The Morgan fingerprint density at radius 1 is 1.07 bits per heavy atom. The minimum atomic E-state index is -0.502. The highest BCUT2D eigenvalue weighted by atomic mass is 32.1. The molecule has 5 nitrogen and oxygen atoms in total. The lowest BCUT2D eigenvalue weighted by atomic mass is 10.0. The van der Waals surface area contributed by atoms with Gasteiger partial charge in [-0.1, -0.05) is 30.3 Å². The molecule has 1 heterocycles. The Morgan fingerprint density at radius 2 is 1.79 bits per heavy atom. The lowest BCUT2D eigenvalue weighted by Gasteiger charge is -2.09. The maximum atomic E-state index is 12.9. The molecule has 0 radical (unpaired) electrons. The number of hydrogen-bond acceptors (Lipinski definition) is 5. The van der Waals surface area contributed by atoms with Gasteiger partial charge in [0.05, 0.1) is 6.61 Å². The van der Waals surface area contributed by atoms with E-state index in [9.17, 15) is 14.0 Å². The van der Waals surface area contributed by atoms with Gasteiger partial charge in [0, 0.05) is 10.9 Å². The van der Waals surface area contributed by atoms with Crippen molar-refractivity contribution in [3.63, 3.8) is 0 Å². The quantitative estimate of drug-likeness (QED) is 0.583. The van der Waals surface area contributed by atoms with Gasteiger partial charge in [-0.2, -0.15) is 0 Å². The highest BCUT2D eigenvalue weighted by molar-refractivity contribution is 7.15.